The van der Waals surface area contributed by atoms with E-state index >= 15 is 8.78 Å². The number of nitrogen functional groups attached to an aromatic ring is 2. The van der Waals surface area contributed by atoms with Gasteiger partial charge in [-0.05, 0) is 23.6 Å². The Hall–Kier alpha value is -2.73. The van der Waals surface area contributed by atoms with E-state index in [1.165, 1.54) is 6.33 Å². The van der Waals surface area contributed by atoms with Crippen molar-refractivity contribution in [2.45, 2.75) is 49.5 Å². The number of rotatable bonds is 11. The van der Waals surface area contributed by atoms with Gasteiger partial charge in [0.1, 0.15) is 24.7 Å². The van der Waals surface area contributed by atoms with Gasteiger partial charge < -0.3 is 44.3 Å². The van der Waals surface area contributed by atoms with Crippen molar-refractivity contribution >= 4 is 71.1 Å². The molecule has 2 aliphatic heterocycles. The molecule has 2 aliphatic rings. The number of ether oxygens (including phenoxy) is 2. The van der Waals surface area contributed by atoms with Gasteiger partial charge in [0.25, 0.3) is 5.56 Å². The lowest BCUT2D eigenvalue weighted by Crippen LogP contribution is -2.32. The second kappa shape index (κ2) is 12.7. The SMILES string of the molecule is COP(O)(=S)OC[C@H]1O[C@@H](n2cnc3c(=O)[nH]c(N)nc32)[C@H](OP(O)(=S)OC[C@@H]2C[C@H](F)[C@H](n3nnc4c(N)ncnc43)O2)[C@@H]1F. The number of hydrogen-bond acceptors (Lipinski definition) is 17. The molecular formula is C20H25F2N11O9P2S2. The van der Waals surface area contributed by atoms with Crippen LogP contribution in [0.2, 0.25) is 0 Å². The van der Waals surface area contributed by atoms with Crippen LogP contribution in [-0.2, 0) is 51.2 Å². The molecule has 46 heavy (non-hydrogen) atoms. The number of imidazole rings is 1. The van der Waals surface area contributed by atoms with Gasteiger partial charge in [-0.2, -0.15) is 9.67 Å². The molecule has 26 heteroatoms. The molecule has 0 aromatic carbocycles. The maximum atomic E-state index is 15.9. The summed E-state index contributed by atoms with van der Waals surface area (Å²) in [6.07, 6.45) is -8.41. The van der Waals surface area contributed by atoms with Crippen LogP contribution in [0.5, 0.6) is 0 Å². The average molecular weight is 728 g/mol. The van der Waals surface area contributed by atoms with Crippen molar-refractivity contribution in [2.24, 2.45) is 0 Å². The number of nitrogens with zero attached hydrogens (tertiary/aromatic N) is 8. The van der Waals surface area contributed by atoms with Gasteiger partial charge in [-0.25, -0.2) is 23.7 Å². The Balaban J connectivity index is 1.19. The molecule has 0 spiro atoms. The third-order valence-electron chi connectivity index (χ3n) is 6.96. The van der Waals surface area contributed by atoms with Crippen LogP contribution in [0.4, 0.5) is 20.5 Å². The largest absolute Gasteiger partial charge is 0.382 e. The fourth-order valence-corrected chi connectivity index (χ4v) is 6.90. The molecular weight excluding hydrogens is 702 g/mol. The molecule has 20 nitrogen and oxygen atoms in total. The van der Waals surface area contributed by atoms with Gasteiger partial charge in [0, 0.05) is 13.5 Å². The molecule has 7 N–H and O–H groups in total. The fourth-order valence-electron chi connectivity index (χ4n) is 4.85. The van der Waals surface area contributed by atoms with E-state index in [1.807, 2.05) is 0 Å². The number of nitrogens with one attached hydrogen (secondary N) is 1. The monoisotopic (exact) mass is 727 g/mol. The number of H-pyrrole nitrogens is 1. The number of nitrogens with two attached hydrogens (primary N) is 2. The molecule has 6 heterocycles. The molecule has 0 amide bonds. The number of halogens is 2. The fraction of sp³-hybridized carbons (Fsp3) is 0.550. The second-order valence-electron chi connectivity index (χ2n) is 9.93. The van der Waals surface area contributed by atoms with Crippen LogP contribution >= 0.6 is 13.4 Å². The predicted molar refractivity (Wildman–Crippen MR) is 159 cm³/mol. The first-order valence-corrected chi connectivity index (χ1v) is 18.3. The minimum atomic E-state index is -4.32. The highest BCUT2D eigenvalue weighted by molar-refractivity contribution is 8.07. The minimum Gasteiger partial charge on any atom is -0.382 e. The van der Waals surface area contributed by atoms with Crippen LogP contribution in [0, 0.1) is 0 Å². The van der Waals surface area contributed by atoms with Gasteiger partial charge in [-0.15, -0.1) is 5.10 Å². The third-order valence-corrected chi connectivity index (χ3v) is 10.2. The van der Waals surface area contributed by atoms with Crippen molar-refractivity contribution in [1.82, 2.24) is 44.5 Å². The predicted octanol–water partition coefficient (Wildman–Crippen LogP) is -0.122. The summed E-state index contributed by atoms with van der Waals surface area (Å²) in [4.78, 5) is 51.4. The summed E-state index contributed by atoms with van der Waals surface area (Å²) in [5, 5.41) is 7.73. The van der Waals surface area contributed by atoms with Crippen molar-refractivity contribution in [3.8, 4) is 0 Å². The third kappa shape index (κ3) is 6.53. The van der Waals surface area contributed by atoms with Gasteiger partial charge in [-0.3, -0.25) is 18.9 Å². The topological polar surface area (TPSA) is 268 Å². The van der Waals surface area contributed by atoms with Crippen molar-refractivity contribution in [3.05, 3.63) is 23.0 Å². The lowest BCUT2D eigenvalue weighted by molar-refractivity contribution is -0.0519. The molecule has 9 atom stereocenters. The van der Waals surface area contributed by atoms with Crippen molar-refractivity contribution in [3.63, 3.8) is 0 Å². The number of anilines is 2. The molecule has 2 fully saturated rings. The quantitative estimate of drug-likeness (QED) is 0.126. The molecule has 0 aliphatic carbocycles. The highest BCUT2D eigenvalue weighted by Gasteiger charge is 2.50. The van der Waals surface area contributed by atoms with Gasteiger partial charge in [-0.1, -0.05) is 5.21 Å². The Morgan fingerprint density at radius 2 is 1.85 bits per heavy atom. The Kier molecular flexibility index (Phi) is 9.17. The van der Waals surface area contributed by atoms with Crippen molar-refractivity contribution in [1.29, 1.82) is 0 Å². The molecule has 6 rings (SSSR count). The van der Waals surface area contributed by atoms with Crippen LogP contribution < -0.4 is 17.0 Å². The molecule has 0 radical (unpaired) electrons. The highest BCUT2D eigenvalue weighted by Crippen LogP contribution is 2.52. The summed E-state index contributed by atoms with van der Waals surface area (Å²) in [6, 6.07) is 0. The summed E-state index contributed by atoms with van der Waals surface area (Å²) in [7, 11) is 1.11. The van der Waals surface area contributed by atoms with Crippen LogP contribution in [0.25, 0.3) is 22.3 Å². The Bertz CT molecular complexity index is 1920. The van der Waals surface area contributed by atoms with E-state index in [0.717, 1.165) is 22.7 Å². The maximum absolute atomic E-state index is 15.9. The van der Waals surface area contributed by atoms with E-state index in [9.17, 15) is 14.6 Å². The number of hydrogen-bond donors (Lipinski definition) is 5. The zero-order valence-electron chi connectivity index (χ0n) is 23.3. The second-order valence-corrected chi connectivity index (χ2v) is 15.7. The minimum absolute atomic E-state index is 0.0479. The van der Waals surface area contributed by atoms with E-state index in [-0.39, 0.29) is 40.5 Å². The Morgan fingerprint density at radius 1 is 1.09 bits per heavy atom. The average Bonchev–Trinajstić information content (AvgIpc) is 3.77. The summed E-state index contributed by atoms with van der Waals surface area (Å²) in [6.45, 7) is -9.09. The molecule has 250 valence electrons. The van der Waals surface area contributed by atoms with E-state index in [1.54, 1.807) is 0 Å². The first-order valence-electron chi connectivity index (χ1n) is 13.1. The van der Waals surface area contributed by atoms with E-state index in [2.05, 4.69) is 35.2 Å². The van der Waals surface area contributed by atoms with E-state index in [4.69, 9.17) is 62.6 Å². The Morgan fingerprint density at radius 3 is 2.61 bits per heavy atom. The molecule has 2 saturated heterocycles. The van der Waals surface area contributed by atoms with Gasteiger partial charge in [0.15, 0.2) is 46.8 Å². The molecule has 2 unspecified atom stereocenters. The van der Waals surface area contributed by atoms with E-state index in [0.29, 0.717) is 0 Å². The van der Waals surface area contributed by atoms with Gasteiger partial charge >= 0.3 is 13.4 Å². The highest BCUT2D eigenvalue weighted by atomic mass is 32.5. The smallest absolute Gasteiger partial charge is 0.325 e. The van der Waals surface area contributed by atoms with E-state index < -0.39 is 75.3 Å². The molecule has 0 saturated carbocycles. The number of alkyl halides is 2. The first-order chi connectivity index (χ1) is 21.8. The lowest BCUT2D eigenvalue weighted by atomic mass is 10.1. The van der Waals surface area contributed by atoms with Crippen LogP contribution in [0.15, 0.2) is 17.4 Å². The summed E-state index contributed by atoms with van der Waals surface area (Å²) in [5.41, 5.74) is 10.8. The maximum Gasteiger partial charge on any atom is 0.325 e. The number of aromatic nitrogens is 9. The standard InChI is InChI=1S/C20H25F2N11O9P2S2/c1-37-43(35,45)39-4-9-10(22)13(19(41-9)32-6-27-12-16(32)28-20(24)29-17(12)34)42-44(36,46)38-3-7-2-8(21)18(40-7)33-15-11(30-31-33)14(23)25-5-26-15/h5-10,13,18-19H,2-4H2,1H3,(H,35,45)(H,36,46)(H2,23,25,26)(H3,24,28,29,34)/t7-,8-,9+,10+,13+,18+,19+,43?,44?/m0/s1. The van der Waals surface area contributed by atoms with Crippen LogP contribution in [0.1, 0.15) is 18.9 Å². The lowest BCUT2D eigenvalue weighted by Gasteiger charge is -2.26. The summed E-state index contributed by atoms with van der Waals surface area (Å²) in [5.74, 6) is -0.217. The summed E-state index contributed by atoms with van der Waals surface area (Å²) < 4.78 is 65.6. The van der Waals surface area contributed by atoms with Crippen LogP contribution in [-0.4, -0.2) is 105 Å². The zero-order valence-corrected chi connectivity index (χ0v) is 26.7. The molecule has 4 aromatic heterocycles. The van der Waals surface area contributed by atoms with Crippen LogP contribution in [0.3, 0.4) is 0 Å². The number of fused-ring (bicyclic) bond motifs is 2. The van der Waals surface area contributed by atoms with Crippen molar-refractivity contribution in [2.75, 3.05) is 31.8 Å². The first kappa shape index (κ1) is 33.2. The normalized spacial score (nSPS) is 29.4. The molecule has 4 aromatic rings. The van der Waals surface area contributed by atoms with Crippen molar-refractivity contribution < 1.29 is 46.1 Å². The van der Waals surface area contributed by atoms with Gasteiger partial charge in [0.05, 0.1) is 25.6 Å². The summed E-state index contributed by atoms with van der Waals surface area (Å²) >= 11 is 9.96. The number of aromatic amines is 1. The Labute approximate surface area is 265 Å². The van der Waals surface area contributed by atoms with Gasteiger partial charge in [0.2, 0.25) is 5.95 Å². The zero-order chi connectivity index (χ0) is 33.0. The molecule has 0 bridgehead atoms.